The molecule has 0 radical (unpaired) electrons. The van der Waals surface area contributed by atoms with Crippen molar-refractivity contribution in [1.29, 1.82) is 0 Å². The molecule has 0 aromatic carbocycles. The van der Waals surface area contributed by atoms with Crippen LogP contribution in [0.25, 0.3) is 0 Å². The zero-order valence-corrected chi connectivity index (χ0v) is 7.85. The van der Waals surface area contributed by atoms with E-state index >= 15 is 0 Å². The second-order valence-corrected chi connectivity index (χ2v) is 3.93. The molecule has 14 heavy (non-hydrogen) atoms. The molecule has 0 unspecified atom stereocenters. The highest BCUT2D eigenvalue weighted by Crippen LogP contribution is 2.26. The number of nitrogens with two attached hydrogens (primary N) is 1. The molecule has 0 aliphatic carbocycles. The van der Waals surface area contributed by atoms with E-state index in [-0.39, 0.29) is 0 Å². The van der Waals surface area contributed by atoms with E-state index in [1.54, 1.807) is 12.3 Å². The zero-order chi connectivity index (χ0) is 9.54. The lowest BCUT2D eigenvalue weighted by Crippen LogP contribution is -2.44. The Kier molecular flexibility index (Phi) is 1.61. The molecule has 0 saturated carbocycles. The summed E-state index contributed by atoms with van der Waals surface area (Å²) in [6.45, 7) is 2.05. The van der Waals surface area contributed by atoms with E-state index in [2.05, 4.69) is 20.2 Å². The SMILES string of the molecule is Nc1ccnc(N2C[C@@H]3C[C@@H]2CN3)n1. The van der Waals surface area contributed by atoms with E-state index in [0.29, 0.717) is 17.9 Å². The monoisotopic (exact) mass is 191 g/mol. The summed E-state index contributed by atoms with van der Waals surface area (Å²) >= 11 is 0. The summed E-state index contributed by atoms with van der Waals surface area (Å²) in [5.74, 6) is 1.32. The van der Waals surface area contributed by atoms with Gasteiger partial charge in [-0.2, -0.15) is 4.98 Å². The molecule has 3 rings (SSSR count). The van der Waals surface area contributed by atoms with E-state index in [4.69, 9.17) is 5.73 Å². The van der Waals surface area contributed by atoms with Gasteiger partial charge in [0.2, 0.25) is 5.95 Å². The summed E-state index contributed by atoms with van der Waals surface area (Å²) in [6, 6.07) is 2.89. The van der Waals surface area contributed by atoms with E-state index in [9.17, 15) is 0 Å². The molecule has 5 nitrogen and oxygen atoms in total. The van der Waals surface area contributed by atoms with Crippen LogP contribution in [-0.2, 0) is 0 Å². The largest absolute Gasteiger partial charge is 0.384 e. The van der Waals surface area contributed by atoms with Gasteiger partial charge in [-0.05, 0) is 12.5 Å². The summed E-state index contributed by atoms with van der Waals surface area (Å²) in [6.07, 6.45) is 2.93. The molecule has 2 aliphatic heterocycles. The first kappa shape index (κ1) is 7.99. The van der Waals surface area contributed by atoms with Gasteiger partial charge >= 0.3 is 0 Å². The number of nitrogen functional groups attached to an aromatic ring is 1. The van der Waals surface area contributed by atoms with Crippen molar-refractivity contribution >= 4 is 11.8 Å². The Hall–Kier alpha value is -1.36. The van der Waals surface area contributed by atoms with Crippen molar-refractivity contribution in [2.75, 3.05) is 23.7 Å². The normalized spacial score (nSPS) is 29.9. The minimum absolute atomic E-state index is 0.547. The lowest BCUT2D eigenvalue weighted by molar-refractivity contribution is 0.572. The lowest BCUT2D eigenvalue weighted by atomic mass is 10.2. The van der Waals surface area contributed by atoms with Gasteiger partial charge in [-0.1, -0.05) is 0 Å². The van der Waals surface area contributed by atoms with Gasteiger partial charge in [0.15, 0.2) is 0 Å². The third kappa shape index (κ3) is 1.13. The van der Waals surface area contributed by atoms with Crippen LogP contribution in [0, 0.1) is 0 Å². The Morgan fingerprint density at radius 2 is 2.50 bits per heavy atom. The van der Waals surface area contributed by atoms with Crippen molar-refractivity contribution in [2.24, 2.45) is 0 Å². The highest BCUT2D eigenvalue weighted by atomic mass is 15.3. The molecule has 3 N–H and O–H groups in total. The number of fused-ring (bicyclic) bond motifs is 2. The van der Waals surface area contributed by atoms with E-state index in [1.807, 2.05) is 0 Å². The molecular weight excluding hydrogens is 178 g/mol. The Bertz CT molecular complexity index is 353. The van der Waals surface area contributed by atoms with Crippen molar-refractivity contribution < 1.29 is 0 Å². The molecule has 1 aromatic rings. The van der Waals surface area contributed by atoms with E-state index in [1.165, 1.54) is 6.42 Å². The Balaban J connectivity index is 1.89. The van der Waals surface area contributed by atoms with Gasteiger partial charge in [-0.3, -0.25) is 0 Å². The molecular formula is C9H13N5. The molecule has 0 amide bonds. The quantitative estimate of drug-likeness (QED) is 0.632. The fourth-order valence-corrected chi connectivity index (χ4v) is 2.31. The van der Waals surface area contributed by atoms with Crippen LogP contribution in [0.2, 0.25) is 0 Å². The van der Waals surface area contributed by atoms with Gasteiger partial charge in [0.1, 0.15) is 5.82 Å². The van der Waals surface area contributed by atoms with Crippen molar-refractivity contribution in [3.63, 3.8) is 0 Å². The zero-order valence-electron chi connectivity index (χ0n) is 7.85. The number of anilines is 2. The highest BCUT2D eigenvalue weighted by Gasteiger charge is 2.38. The molecule has 2 aliphatic rings. The summed E-state index contributed by atoms with van der Waals surface area (Å²) < 4.78 is 0. The number of rotatable bonds is 1. The molecule has 2 atom stereocenters. The first-order chi connectivity index (χ1) is 6.83. The minimum Gasteiger partial charge on any atom is -0.384 e. The van der Waals surface area contributed by atoms with Crippen molar-refractivity contribution in [1.82, 2.24) is 15.3 Å². The molecule has 2 saturated heterocycles. The lowest BCUT2D eigenvalue weighted by Gasteiger charge is -2.27. The second kappa shape index (κ2) is 2.81. The summed E-state index contributed by atoms with van der Waals surface area (Å²) in [7, 11) is 0. The molecule has 74 valence electrons. The summed E-state index contributed by atoms with van der Waals surface area (Å²) in [4.78, 5) is 10.7. The predicted octanol–water partition coefficient (Wildman–Crippen LogP) is -0.391. The number of nitrogens with zero attached hydrogens (tertiary/aromatic N) is 3. The topological polar surface area (TPSA) is 67.1 Å². The fourth-order valence-electron chi connectivity index (χ4n) is 2.31. The highest BCUT2D eigenvalue weighted by molar-refractivity contribution is 5.41. The second-order valence-electron chi connectivity index (χ2n) is 3.93. The van der Waals surface area contributed by atoms with Crippen molar-refractivity contribution in [3.05, 3.63) is 12.3 Å². The van der Waals surface area contributed by atoms with Crippen LogP contribution in [0.4, 0.5) is 11.8 Å². The third-order valence-corrected chi connectivity index (χ3v) is 2.98. The van der Waals surface area contributed by atoms with Crippen LogP contribution in [0.5, 0.6) is 0 Å². The number of aromatic nitrogens is 2. The maximum Gasteiger partial charge on any atom is 0.227 e. The number of hydrogen-bond donors (Lipinski definition) is 2. The smallest absolute Gasteiger partial charge is 0.227 e. The van der Waals surface area contributed by atoms with Crippen molar-refractivity contribution in [2.45, 2.75) is 18.5 Å². The molecule has 5 heteroatoms. The van der Waals surface area contributed by atoms with Crippen molar-refractivity contribution in [3.8, 4) is 0 Å². The molecule has 1 aromatic heterocycles. The first-order valence-electron chi connectivity index (χ1n) is 4.91. The summed E-state index contributed by atoms with van der Waals surface area (Å²) in [5, 5.41) is 3.44. The average molecular weight is 191 g/mol. The van der Waals surface area contributed by atoms with Crippen LogP contribution < -0.4 is 16.0 Å². The maximum absolute atomic E-state index is 5.63. The number of hydrogen-bond acceptors (Lipinski definition) is 5. The number of nitrogens with one attached hydrogen (secondary N) is 1. The van der Waals surface area contributed by atoms with Gasteiger partial charge in [0.05, 0.1) is 0 Å². The molecule has 0 spiro atoms. The van der Waals surface area contributed by atoms with E-state index in [0.717, 1.165) is 19.0 Å². The van der Waals surface area contributed by atoms with Gasteiger partial charge in [-0.25, -0.2) is 4.98 Å². The average Bonchev–Trinajstić information content (AvgIpc) is 2.78. The predicted molar refractivity (Wildman–Crippen MR) is 54.0 cm³/mol. The molecule has 3 heterocycles. The number of piperazine rings is 1. The van der Waals surface area contributed by atoms with Gasteiger partial charge in [-0.15, -0.1) is 0 Å². The van der Waals surface area contributed by atoms with Crippen LogP contribution in [0.15, 0.2) is 12.3 Å². The Morgan fingerprint density at radius 3 is 3.14 bits per heavy atom. The third-order valence-electron chi connectivity index (χ3n) is 2.98. The van der Waals surface area contributed by atoms with Gasteiger partial charge in [0.25, 0.3) is 0 Å². The van der Waals surface area contributed by atoms with Gasteiger partial charge < -0.3 is 16.0 Å². The first-order valence-corrected chi connectivity index (χ1v) is 4.91. The van der Waals surface area contributed by atoms with E-state index < -0.39 is 0 Å². The molecule has 2 fully saturated rings. The fraction of sp³-hybridized carbons (Fsp3) is 0.556. The van der Waals surface area contributed by atoms with Crippen LogP contribution in [0.3, 0.4) is 0 Å². The summed E-state index contributed by atoms with van der Waals surface area (Å²) in [5.41, 5.74) is 5.63. The van der Waals surface area contributed by atoms with Crippen LogP contribution in [-0.4, -0.2) is 35.1 Å². The van der Waals surface area contributed by atoms with Crippen LogP contribution >= 0.6 is 0 Å². The Labute approximate surface area is 82.3 Å². The minimum atomic E-state index is 0.547. The Morgan fingerprint density at radius 1 is 1.57 bits per heavy atom. The van der Waals surface area contributed by atoms with Gasteiger partial charge in [0, 0.05) is 31.4 Å². The van der Waals surface area contributed by atoms with Crippen LogP contribution in [0.1, 0.15) is 6.42 Å². The maximum atomic E-state index is 5.63. The molecule has 2 bridgehead atoms. The standard InChI is InChI=1S/C9H13N5/c10-8-1-2-11-9(13-8)14-5-6-3-7(14)4-12-6/h1-2,6-7,12H,3-5H2,(H2,10,11,13)/t6-,7+/m0/s1.